The first kappa shape index (κ1) is 33.7. The van der Waals surface area contributed by atoms with Crippen molar-refractivity contribution in [3.8, 4) is 0 Å². The average molecular weight is 639 g/mol. The maximum Gasteiger partial charge on any atom is 0.311 e. The van der Waals surface area contributed by atoms with E-state index in [9.17, 15) is 24.3 Å². The molecule has 0 radical (unpaired) electrons. The van der Waals surface area contributed by atoms with Crippen molar-refractivity contribution < 1.29 is 33.8 Å². The van der Waals surface area contributed by atoms with Gasteiger partial charge in [0.05, 0.1) is 24.4 Å². The van der Waals surface area contributed by atoms with Crippen molar-refractivity contribution in [2.24, 2.45) is 62.1 Å². The van der Waals surface area contributed by atoms with Crippen LogP contribution in [-0.4, -0.2) is 42.0 Å². The third-order valence-electron chi connectivity index (χ3n) is 15.8. The van der Waals surface area contributed by atoms with E-state index in [1.807, 2.05) is 6.08 Å². The number of ether oxygens (including phenoxy) is 2. The summed E-state index contributed by atoms with van der Waals surface area (Å²) in [7, 11) is 1.49. The number of rotatable bonds is 4. The summed E-state index contributed by atoms with van der Waals surface area (Å²) >= 11 is 0. The van der Waals surface area contributed by atoms with E-state index < -0.39 is 23.2 Å². The second-order valence-electron chi connectivity index (χ2n) is 18.4. The fourth-order valence-electron chi connectivity index (χ4n) is 12.7. The van der Waals surface area contributed by atoms with Crippen LogP contribution in [0.2, 0.25) is 0 Å². The molecule has 6 aliphatic rings. The number of fused-ring (bicyclic) bond motifs is 7. The number of hydrogen-bond donors (Lipinski definition) is 1. The molecule has 0 aromatic carbocycles. The molecular weight excluding hydrogens is 580 g/mol. The van der Waals surface area contributed by atoms with Crippen molar-refractivity contribution in [1.29, 1.82) is 0 Å². The first-order valence-corrected chi connectivity index (χ1v) is 18.2. The van der Waals surface area contributed by atoms with Gasteiger partial charge in [-0.25, -0.2) is 0 Å². The first-order valence-electron chi connectivity index (χ1n) is 18.2. The molecule has 6 rings (SSSR count). The van der Waals surface area contributed by atoms with Gasteiger partial charge in [0, 0.05) is 11.3 Å². The number of aliphatic carboxylic acids is 1. The molecule has 11 atom stereocenters. The molecule has 0 aromatic rings. The van der Waals surface area contributed by atoms with Gasteiger partial charge in [-0.15, -0.1) is 0 Å². The largest absolute Gasteiger partial charge is 0.481 e. The van der Waals surface area contributed by atoms with Crippen molar-refractivity contribution >= 4 is 23.7 Å². The van der Waals surface area contributed by atoms with Gasteiger partial charge in [-0.2, -0.15) is 0 Å². The summed E-state index contributed by atoms with van der Waals surface area (Å²) in [4.78, 5) is 53.1. The average Bonchev–Trinajstić information content (AvgIpc) is 2.99. The number of esters is 2. The highest BCUT2D eigenvalue weighted by Crippen LogP contribution is 2.75. The van der Waals surface area contributed by atoms with Gasteiger partial charge in [-0.05, 0) is 117 Å². The number of carbonyl (C=O) groups excluding carboxylic acids is 3. The highest BCUT2D eigenvalue weighted by molar-refractivity contribution is 5.95. The van der Waals surface area contributed by atoms with Crippen LogP contribution >= 0.6 is 0 Å². The molecule has 0 bridgehead atoms. The molecule has 5 saturated carbocycles. The van der Waals surface area contributed by atoms with Crippen molar-refractivity contribution in [3.63, 3.8) is 0 Å². The maximum absolute atomic E-state index is 14.7. The van der Waals surface area contributed by atoms with Crippen LogP contribution in [0.5, 0.6) is 0 Å². The summed E-state index contributed by atoms with van der Waals surface area (Å²) in [6, 6.07) is 0. The Morgan fingerprint density at radius 3 is 2.13 bits per heavy atom. The summed E-state index contributed by atoms with van der Waals surface area (Å²) in [6.45, 7) is 16.0. The Morgan fingerprint density at radius 2 is 1.48 bits per heavy atom. The van der Waals surface area contributed by atoms with Crippen molar-refractivity contribution in [2.75, 3.05) is 7.11 Å². The molecule has 1 N–H and O–H groups in total. The van der Waals surface area contributed by atoms with Crippen LogP contribution in [0.25, 0.3) is 0 Å². The van der Waals surface area contributed by atoms with E-state index >= 15 is 0 Å². The van der Waals surface area contributed by atoms with Crippen molar-refractivity contribution in [2.45, 2.75) is 138 Å². The van der Waals surface area contributed by atoms with E-state index in [2.05, 4.69) is 48.5 Å². The number of methoxy groups -OCH3 is 1. The Bertz CT molecular complexity index is 1350. The Kier molecular flexibility index (Phi) is 8.00. The van der Waals surface area contributed by atoms with Gasteiger partial charge >= 0.3 is 17.9 Å². The number of carboxylic acids is 1. The molecule has 0 aliphatic heterocycles. The minimum absolute atomic E-state index is 0.0748. The SMILES string of the molecule is COC(=O)[C@@]1(C)CC[C@]2(C)CCC3(C)C(=CC(=O)C4[C@@]5(C)CC[C@H](OC(=O)[C@@H]6CCCC[C@H]6C(=O)O)C(C)(C)C5CC[C@]43C)[C@@H]2C1. The quantitative estimate of drug-likeness (QED) is 0.312. The molecule has 5 fully saturated rings. The third-order valence-corrected chi connectivity index (χ3v) is 15.8. The Hall–Kier alpha value is -2.18. The van der Waals surface area contributed by atoms with E-state index in [1.165, 1.54) is 12.7 Å². The van der Waals surface area contributed by atoms with Crippen LogP contribution < -0.4 is 0 Å². The summed E-state index contributed by atoms with van der Waals surface area (Å²) in [5, 5.41) is 9.79. The predicted octanol–water partition coefficient (Wildman–Crippen LogP) is 7.94. The summed E-state index contributed by atoms with van der Waals surface area (Å²) in [5.74, 6) is -2.13. The Morgan fingerprint density at radius 1 is 0.826 bits per heavy atom. The highest BCUT2D eigenvalue weighted by Gasteiger charge is 2.70. The molecule has 0 heterocycles. The molecule has 3 unspecified atom stereocenters. The van der Waals surface area contributed by atoms with E-state index in [1.54, 1.807) is 0 Å². The summed E-state index contributed by atoms with van der Waals surface area (Å²) < 4.78 is 11.6. The van der Waals surface area contributed by atoms with Crippen molar-refractivity contribution in [3.05, 3.63) is 11.6 Å². The fourth-order valence-corrected chi connectivity index (χ4v) is 12.7. The molecule has 256 valence electrons. The topological polar surface area (TPSA) is 107 Å². The second-order valence-corrected chi connectivity index (χ2v) is 18.4. The number of ketones is 1. The molecule has 46 heavy (non-hydrogen) atoms. The van der Waals surface area contributed by atoms with Gasteiger partial charge in [-0.3, -0.25) is 19.2 Å². The molecule has 0 amide bonds. The Balaban J connectivity index is 1.30. The Labute approximate surface area is 276 Å². The zero-order valence-electron chi connectivity index (χ0n) is 29.6. The smallest absolute Gasteiger partial charge is 0.311 e. The zero-order valence-corrected chi connectivity index (χ0v) is 29.6. The monoisotopic (exact) mass is 638 g/mol. The number of allylic oxidation sites excluding steroid dienone is 2. The summed E-state index contributed by atoms with van der Waals surface area (Å²) in [5.41, 5.74) is -0.127. The third kappa shape index (κ3) is 4.62. The lowest BCUT2D eigenvalue weighted by Crippen LogP contribution is -2.66. The molecule has 0 aromatic heterocycles. The van der Waals surface area contributed by atoms with Gasteiger partial charge in [0.1, 0.15) is 6.10 Å². The van der Waals surface area contributed by atoms with Crippen LogP contribution in [0.3, 0.4) is 0 Å². The predicted molar refractivity (Wildman–Crippen MR) is 174 cm³/mol. The first-order chi connectivity index (χ1) is 21.4. The fraction of sp³-hybridized carbons (Fsp3) is 0.846. The van der Waals surface area contributed by atoms with Gasteiger partial charge < -0.3 is 14.6 Å². The molecule has 7 heteroatoms. The molecule has 0 saturated heterocycles. The maximum atomic E-state index is 14.7. The van der Waals surface area contributed by atoms with Crippen LogP contribution in [0.1, 0.15) is 132 Å². The summed E-state index contributed by atoms with van der Waals surface area (Å²) in [6.07, 6.45) is 12.6. The van der Waals surface area contributed by atoms with Crippen LogP contribution in [0.4, 0.5) is 0 Å². The van der Waals surface area contributed by atoms with E-state index in [0.717, 1.165) is 64.2 Å². The van der Waals surface area contributed by atoms with Crippen molar-refractivity contribution in [1.82, 2.24) is 0 Å². The molecule has 6 aliphatic carbocycles. The van der Waals surface area contributed by atoms with Gasteiger partial charge in [0.25, 0.3) is 0 Å². The number of carboxylic acid groups (broad SMARTS) is 1. The van der Waals surface area contributed by atoms with Crippen LogP contribution in [0.15, 0.2) is 11.6 Å². The highest BCUT2D eigenvalue weighted by atomic mass is 16.5. The van der Waals surface area contributed by atoms with E-state index in [0.29, 0.717) is 19.3 Å². The zero-order chi connectivity index (χ0) is 33.7. The molecular formula is C39H58O7. The molecule has 7 nitrogen and oxygen atoms in total. The lowest BCUT2D eigenvalue weighted by atomic mass is 9.33. The minimum Gasteiger partial charge on any atom is -0.481 e. The second kappa shape index (κ2) is 10.9. The van der Waals surface area contributed by atoms with E-state index in [-0.39, 0.29) is 68.7 Å². The standard InChI is InChI=1S/C39H58O7/c1-34(2)28-13-16-39(7)30(37(28,5)15-14-29(34)46-32(43)24-12-10-9-11-23(24)31(41)42)27(40)21-25-26-22-36(4,33(44)45-8)18-17-35(26,3)19-20-38(25,39)6/h21,23-24,26,28-30H,9-20,22H2,1-8H3,(H,41,42)/t23-,24-,26+,28?,29+,30?,35-,36+,37+,38?,39-/m1/s1. The normalized spacial score (nSPS) is 48.0. The number of hydrogen-bond acceptors (Lipinski definition) is 6. The van der Waals surface area contributed by atoms with Crippen LogP contribution in [-0.2, 0) is 28.7 Å². The molecule has 0 spiro atoms. The lowest BCUT2D eigenvalue weighted by Gasteiger charge is -2.70. The minimum atomic E-state index is -0.897. The van der Waals surface area contributed by atoms with E-state index in [4.69, 9.17) is 9.47 Å². The van der Waals surface area contributed by atoms with Gasteiger partial charge in [-0.1, -0.05) is 60.0 Å². The van der Waals surface area contributed by atoms with Crippen LogP contribution in [0, 0.1) is 62.1 Å². The lowest BCUT2D eigenvalue weighted by molar-refractivity contribution is -0.213. The van der Waals surface area contributed by atoms with Gasteiger partial charge in [0.2, 0.25) is 0 Å². The van der Waals surface area contributed by atoms with Gasteiger partial charge in [0.15, 0.2) is 5.78 Å². The number of carbonyl (C=O) groups is 4.